The van der Waals surface area contributed by atoms with Gasteiger partial charge in [0.05, 0.1) is 6.61 Å². The minimum Gasteiger partial charge on any atom is -0.480 e. The molecule has 2 aliphatic carbocycles. The largest absolute Gasteiger partial charge is 0.480 e. The van der Waals surface area contributed by atoms with Gasteiger partial charge in [0, 0.05) is 0 Å². The Balaban J connectivity index is 1.55. The van der Waals surface area contributed by atoms with Crippen molar-refractivity contribution in [3.8, 4) is 0 Å². The number of carbonyl (C=O) groups excluding carboxylic acids is 1. The number of hydrogen-bond donors (Lipinski definition) is 2. The van der Waals surface area contributed by atoms with E-state index < -0.39 is 12.0 Å². The van der Waals surface area contributed by atoms with Gasteiger partial charge >= 0.3 is 5.97 Å². The van der Waals surface area contributed by atoms with Crippen molar-refractivity contribution < 1.29 is 19.4 Å². The van der Waals surface area contributed by atoms with Crippen LogP contribution in [0.3, 0.4) is 0 Å². The molecule has 1 saturated carbocycles. The summed E-state index contributed by atoms with van der Waals surface area (Å²) < 4.78 is 5.34. The lowest BCUT2D eigenvalue weighted by molar-refractivity contribution is -0.143. The summed E-state index contributed by atoms with van der Waals surface area (Å²) in [6.07, 6.45) is 5.84. The molecular weight excluding hydrogens is 306 g/mol. The zero-order chi connectivity index (χ0) is 16.9. The van der Waals surface area contributed by atoms with E-state index in [2.05, 4.69) is 17.4 Å². The van der Waals surface area contributed by atoms with E-state index in [1.54, 1.807) is 0 Å². The molecule has 3 rings (SSSR count). The quantitative estimate of drug-likeness (QED) is 0.767. The molecule has 130 valence electrons. The third-order valence-corrected chi connectivity index (χ3v) is 4.93. The van der Waals surface area contributed by atoms with Crippen LogP contribution in [0.1, 0.15) is 49.1 Å². The second-order valence-electron chi connectivity index (χ2n) is 6.94. The first kappa shape index (κ1) is 17.0. The van der Waals surface area contributed by atoms with Crippen LogP contribution in [0.15, 0.2) is 24.3 Å². The van der Waals surface area contributed by atoms with E-state index in [4.69, 9.17) is 4.74 Å². The summed E-state index contributed by atoms with van der Waals surface area (Å²) in [5, 5.41) is 12.1. The van der Waals surface area contributed by atoms with Crippen LogP contribution in [-0.4, -0.2) is 36.2 Å². The highest BCUT2D eigenvalue weighted by Gasteiger charge is 2.28. The number of carboxylic acids is 1. The summed E-state index contributed by atoms with van der Waals surface area (Å²) in [7, 11) is 0. The number of hydrogen-bond acceptors (Lipinski definition) is 3. The summed E-state index contributed by atoms with van der Waals surface area (Å²) in [6, 6.07) is 7.35. The summed E-state index contributed by atoms with van der Waals surface area (Å²) >= 11 is 0. The van der Waals surface area contributed by atoms with Gasteiger partial charge in [-0.3, -0.25) is 4.79 Å². The molecule has 0 aliphatic heterocycles. The van der Waals surface area contributed by atoms with Crippen LogP contribution in [0.4, 0.5) is 0 Å². The molecule has 2 aliphatic rings. The molecule has 2 unspecified atom stereocenters. The van der Waals surface area contributed by atoms with E-state index in [1.165, 1.54) is 24.0 Å². The number of rotatable bonds is 8. The average molecular weight is 331 g/mol. The molecular formula is C19H25NO4. The number of aliphatic carboxylic acids is 1. The van der Waals surface area contributed by atoms with Crippen LogP contribution in [0.5, 0.6) is 0 Å². The van der Waals surface area contributed by atoms with Crippen molar-refractivity contribution in [1.82, 2.24) is 5.32 Å². The van der Waals surface area contributed by atoms with Gasteiger partial charge < -0.3 is 15.2 Å². The summed E-state index contributed by atoms with van der Waals surface area (Å²) in [5.74, 6) is -0.545. The molecule has 5 nitrogen and oxygen atoms in total. The Hall–Kier alpha value is -1.88. The maximum atomic E-state index is 11.9. The van der Waals surface area contributed by atoms with Crippen molar-refractivity contribution in [1.29, 1.82) is 0 Å². The number of carboxylic acid groups (broad SMARTS) is 1. The van der Waals surface area contributed by atoms with E-state index in [-0.39, 0.29) is 18.4 Å². The standard InChI is InChI=1S/C19H25NO4/c21-18(12-24-11-13-8-9-13)20-17(19(22)23)10-15-6-3-5-14-4-1-2-7-16(14)15/h1-2,4,7,13,15,17H,3,5-6,8-12H2,(H,20,21)(H,22,23). The number of benzene rings is 1. The Bertz CT molecular complexity index is 597. The molecule has 24 heavy (non-hydrogen) atoms. The lowest BCUT2D eigenvalue weighted by atomic mass is 9.79. The van der Waals surface area contributed by atoms with Crippen molar-refractivity contribution in [2.45, 2.75) is 50.5 Å². The molecule has 1 fully saturated rings. The molecule has 5 heteroatoms. The van der Waals surface area contributed by atoms with Crippen LogP contribution in [-0.2, 0) is 20.7 Å². The van der Waals surface area contributed by atoms with Crippen molar-refractivity contribution in [3.63, 3.8) is 0 Å². The molecule has 0 radical (unpaired) electrons. The molecule has 1 aromatic carbocycles. The highest BCUT2D eigenvalue weighted by atomic mass is 16.5. The zero-order valence-electron chi connectivity index (χ0n) is 13.9. The van der Waals surface area contributed by atoms with Crippen LogP contribution in [0, 0.1) is 5.92 Å². The van der Waals surface area contributed by atoms with Crippen molar-refractivity contribution in [3.05, 3.63) is 35.4 Å². The first-order chi connectivity index (χ1) is 11.6. The normalized spacial score (nSPS) is 20.9. The number of nitrogens with one attached hydrogen (secondary N) is 1. The monoisotopic (exact) mass is 331 g/mol. The average Bonchev–Trinajstić information content (AvgIpc) is 3.39. The first-order valence-electron chi connectivity index (χ1n) is 8.81. The van der Waals surface area contributed by atoms with Gasteiger partial charge in [-0.05, 0) is 61.5 Å². The minimum absolute atomic E-state index is 0.0540. The van der Waals surface area contributed by atoms with Crippen molar-refractivity contribution in [2.24, 2.45) is 5.92 Å². The van der Waals surface area contributed by atoms with Gasteiger partial charge in [0.2, 0.25) is 5.91 Å². The zero-order valence-corrected chi connectivity index (χ0v) is 13.9. The molecule has 2 atom stereocenters. The van der Waals surface area contributed by atoms with Crippen molar-refractivity contribution in [2.75, 3.05) is 13.2 Å². The smallest absolute Gasteiger partial charge is 0.326 e. The number of carbonyl (C=O) groups is 2. The summed E-state index contributed by atoms with van der Waals surface area (Å²) in [6.45, 7) is 0.544. The number of ether oxygens (including phenoxy) is 1. The number of fused-ring (bicyclic) bond motifs is 1. The molecule has 0 aromatic heterocycles. The SMILES string of the molecule is O=C(COCC1CC1)NC(CC1CCCc2ccccc21)C(=O)O. The molecule has 2 N–H and O–H groups in total. The molecule has 0 saturated heterocycles. The van der Waals surface area contributed by atoms with Crippen LogP contribution in [0.2, 0.25) is 0 Å². The van der Waals surface area contributed by atoms with Gasteiger partial charge in [0.25, 0.3) is 0 Å². The maximum absolute atomic E-state index is 11.9. The van der Waals surface area contributed by atoms with Crippen molar-refractivity contribution >= 4 is 11.9 Å². The van der Waals surface area contributed by atoms with E-state index >= 15 is 0 Å². The Morgan fingerprint density at radius 1 is 1.25 bits per heavy atom. The third kappa shape index (κ3) is 4.57. The highest BCUT2D eigenvalue weighted by molar-refractivity contribution is 5.84. The van der Waals surface area contributed by atoms with Gasteiger partial charge in [-0.1, -0.05) is 24.3 Å². The van der Waals surface area contributed by atoms with Gasteiger partial charge in [-0.2, -0.15) is 0 Å². The van der Waals surface area contributed by atoms with Gasteiger partial charge in [0.1, 0.15) is 12.6 Å². The van der Waals surface area contributed by atoms with Gasteiger partial charge in [0.15, 0.2) is 0 Å². The number of amides is 1. The summed E-state index contributed by atoms with van der Waals surface area (Å²) in [4.78, 5) is 23.5. The summed E-state index contributed by atoms with van der Waals surface area (Å²) in [5.41, 5.74) is 2.53. The molecule has 0 bridgehead atoms. The maximum Gasteiger partial charge on any atom is 0.326 e. The van der Waals surface area contributed by atoms with Gasteiger partial charge in [-0.15, -0.1) is 0 Å². The van der Waals surface area contributed by atoms with E-state index in [9.17, 15) is 14.7 Å². The first-order valence-corrected chi connectivity index (χ1v) is 8.81. The minimum atomic E-state index is -0.978. The second-order valence-corrected chi connectivity index (χ2v) is 6.94. The van der Waals surface area contributed by atoms with Crippen LogP contribution >= 0.6 is 0 Å². The van der Waals surface area contributed by atoms with E-state index in [1.807, 2.05) is 12.1 Å². The predicted molar refractivity (Wildman–Crippen MR) is 89.8 cm³/mol. The highest BCUT2D eigenvalue weighted by Crippen LogP contribution is 2.34. The molecule has 1 aromatic rings. The second kappa shape index (κ2) is 7.79. The molecule has 1 amide bonds. The topological polar surface area (TPSA) is 75.6 Å². The Morgan fingerprint density at radius 3 is 2.79 bits per heavy atom. The lowest BCUT2D eigenvalue weighted by Gasteiger charge is -2.28. The Labute approximate surface area is 142 Å². The van der Waals surface area contributed by atoms with Crippen LogP contribution in [0.25, 0.3) is 0 Å². The van der Waals surface area contributed by atoms with Crippen LogP contribution < -0.4 is 5.32 Å². The molecule has 0 heterocycles. The predicted octanol–water partition coefficient (Wildman–Crippen LogP) is 2.49. The van der Waals surface area contributed by atoms with E-state index in [0.29, 0.717) is 18.9 Å². The molecule has 0 spiro atoms. The number of aryl methyl sites for hydroxylation is 1. The third-order valence-electron chi connectivity index (χ3n) is 4.93. The fraction of sp³-hybridized carbons (Fsp3) is 0.579. The lowest BCUT2D eigenvalue weighted by Crippen LogP contribution is -2.43. The fourth-order valence-electron chi connectivity index (χ4n) is 3.44. The Kier molecular flexibility index (Phi) is 5.51. The van der Waals surface area contributed by atoms with E-state index in [0.717, 1.165) is 19.3 Å². The Morgan fingerprint density at radius 2 is 2.04 bits per heavy atom. The fourth-order valence-corrected chi connectivity index (χ4v) is 3.44. The van der Waals surface area contributed by atoms with Gasteiger partial charge in [-0.25, -0.2) is 4.79 Å².